The summed E-state index contributed by atoms with van der Waals surface area (Å²) in [4.78, 5) is 10.5. The maximum absolute atomic E-state index is 13.1. The van der Waals surface area contributed by atoms with Crippen LogP contribution in [0.25, 0.3) is 0 Å². The van der Waals surface area contributed by atoms with Gasteiger partial charge in [-0.05, 0) is 0 Å². The summed E-state index contributed by atoms with van der Waals surface area (Å²) >= 11 is 0. The van der Waals surface area contributed by atoms with Gasteiger partial charge in [0.1, 0.15) is 5.82 Å². The Hall–Kier alpha value is -1.72. The number of amides is 1. The van der Waals surface area contributed by atoms with Crippen molar-refractivity contribution in [3.63, 3.8) is 0 Å². The fourth-order valence-electron chi connectivity index (χ4n) is 1.09. The van der Waals surface area contributed by atoms with Gasteiger partial charge in [-0.25, -0.2) is 13.2 Å². The second kappa shape index (κ2) is 5.39. The monoisotopic (exact) mass is 232 g/mol. The number of carbonyl (C=O) groups is 1. The molecule has 0 fully saturated rings. The van der Waals surface area contributed by atoms with Gasteiger partial charge in [-0.1, -0.05) is 0 Å². The Kier molecular flexibility index (Phi) is 4.16. The van der Waals surface area contributed by atoms with Gasteiger partial charge in [-0.15, -0.1) is 0 Å². The molecular formula is C10H11F3N2O. The van der Waals surface area contributed by atoms with E-state index in [0.29, 0.717) is 6.07 Å². The van der Waals surface area contributed by atoms with E-state index in [1.807, 2.05) is 0 Å². The van der Waals surface area contributed by atoms with Crippen LogP contribution < -0.4 is 10.6 Å². The van der Waals surface area contributed by atoms with Crippen LogP contribution in [0.15, 0.2) is 12.1 Å². The first kappa shape index (κ1) is 12.4. The molecule has 0 saturated carbocycles. The van der Waals surface area contributed by atoms with Crippen molar-refractivity contribution >= 4 is 11.6 Å². The fourth-order valence-corrected chi connectivity index (χ4v) is 1.09. The molecule has 1 amide bonds. The molecule has 0 aliphatic heterocycles. The number of benzene rings is 1. The Morgan fingerprint density at radius 3 is 2.38 bits per heavy atom. The Morgan fingerprint density at radius 1 is 1.12 bits per heavy atom. The fraction of sp³-hybridized carbons (Fsp3) is 0.300. The number of hydrogen-bond donors (Lipinski definition) is 2. The molecule has 6 heteroatoms. The predicted octanol–water partition coefficient (Wildman–Crippen LogP) is 1.65. The Morgan fingerprint density at radius 2 is 1.75 bits per heavy atom. The summed E-state index contributed by atoms with van der Waals surface area (Å²) in [7, 11) is 0. The molecule has 16 heavy (non-hydrogen) atoms. The molecule has 0 unspecified atom stereocenters. The van der Waals surface area contributed by atoms with Gasteiger partial charge >= 0.3 is 0 Å². The predicted molar refractivity (Wildman–Crippen MR) is 53.5 cm³/mol. The second-order valence-corrected chi connectivity index (χ2v) is 3.16. The van der Waals surface area contributed by atoms with Crippen LogP contribution in [0.1, 0.15) is 6.92 Å². The molecule has 2 N–H and O–H groups in total. The molecule has 0 heterocycles. The van der Waals surface area contributed by atoms with Gasteiger partial charge in [0.25, 0.3) is 0 Å². The number of nitrogens with one attached hydrogen (secondary N) is 2. The number of rotatable bonds is 4. The van der Waals surface area contributed by atoms with Gasteiger partial charge in [0, 0.05) is 32.1 Å². The van der Waals surface area contributed by atoms with Crippen LogP contribution in [0, 0.1) is 17.5 Å². The van der Waals surface area contributed by atoms with Crippen molar-refractivity contribution in [2.45, 2.75) is 6.92 Å². The first-order valence-corrected chi connectivity index (χ1v) is 4.63. The molecule has 0 spiro atoms. The zero-order valence-electron chi connectivity index (χ0n) is 8.61. The molecule has 0 saturated heterocycles. The van der Waals surface area contributed by atoms with Crippen molar-refractivity contribution in [2.75, 3.05) is 18.4 Å². The van der Waals surface area contributed by atoms with Gasteiger partial charge in [0.15, 0.2) is 11.6 Å². The minimum absolute atomic E-state index is 0.135. The number of hydrogen-bond acceptors (Lipinski definition) is 2. The lowest BCUT2D eigenvalue weighted by molar-refractivity contribution is -0.118. The summed E-state index contributed by atoms with van der Waals surface area (Å²) in [5.74, 6) is -3.44. The molecule has 0 atom stereocenters. The molecule has 88 valence electrons. The lowest BCUT2D eigenvalue weighted by atomic mass is 10.3. The van der Waals surface area contributed by atoms with Crippen LogP contribution in [-0.4, -0.2) is 19.0 Å². The van der Waals surface area contributed by atoms with Crippen LogP contribution in [-0.2, 0) is 4.79 Å². The first-order chi connectivity index (χ1) is 7.50. The van der Waals surface area contributed by atoms with Crippen LogP contribution in [0.5, 0.6) is 0 Å². The molecule has 1 rings (SSSR count). The van der Waals surface area contributed by atoms with E-state index in [0.717, 1.165) is 6.07 Å². The van der Waals surface area contributed by atoms with E-state index in [-0.39, 0.29) is 24.7 Å². The van der Waals surface area contributed by atoms with Crippen LogP contribution in [0.2, 0.25) is 0 Å². The van der Waals surface area contributed by atoms with Gasteiger partial charge in [0.05, 0.1) is 5.69 Å². The van der Waals surface area contributed by atoms with E-state index in [1.54, 1.807) is 0 Å². The standard InChI is InChI=1S/C10H11F3N2O/c1-6(16)14-2-3-15-10-5-8(12)7(11)4-9(10)13/h4-5,15H,2-3H2,1H3,(H,14,16). The maximum Gasteiger partial charge on any atom is 0.216 e. The van der Waals surface area contributed by atoms with Crippen LogP contribution in [0.3, 0.4) is 0 Å². The summed E-state index contributed by atoms with van der Waals surface area (Å²) in [6.07, 6.45) is 0. The maximum atomic E-state index is 13.1. The average molecular weight is 232 g/mol. The SMILES string of the molecule is CC(=O)NCCNc1cc(F)c(F)cc1F. The summed E-state index contributed by atoms with van der Waals surface area (Å²) in [5.41, 5.74) is -0.135. The van der Waals surface area contributed by atoms with E-state index in [9.17, 15) is 18.0 Å². The Bertz CT molecular complexity index is 396. The van der Waals surface area contributed by atoms with Crippen molar-refractivity contribution in [3.05, 3.63) is 29.6 Å². The molecule has 0 radical (unpaired) electrons. The molecule has 1 aromatic carbocycles. The summed E-state index contributed by atoms with van der Waals surface area (Å²) in [5, 5.41) is 5.01. The van der Waals surface area contributed by atoms with Crippen molar-refractivity contribution in [1.82, 2.24) is 5.32 Å². The van der Waals surface area contributed by atoms with E-state index >= 15 is 0 Å². The number of anilines is 1. The highest BCUT2D eigenvalue weighted by atomic mass is 19.2. The van der Waals surface area contributed by atoms with E-state index < -0.39 is 17.5 Å². The highest BCUT2D eigenvalue weighted by Gasteiger charge is 2.08. The zero-order chi connectivity index (χ0) is 12.1. The molecule has 0 aromatic heterocycles. The lowest BCUT2D eigenvalue weighted by Crippen LogP contribution is -2.26. The van der Waals surface area contributed by atoms with Crippen molar-refractivity contribution < 1.29 is 18.0 Å². The molecule has 0 aliphatic rings. The van der Waals surface area contributed by atoms with Gasteiger partial charge < -0.3 is 10.6 Å². The quantitative estimate of drug-likeness (QED) is 0.612. The molecule has 0 bridgehead atoms. The van der Waals surface area contributed by atoms with E-state index in [1.165, 1.54) is 6.92 Å². The van der Waals surface area contributed by atoms with E-state index in [4.69, 9.17) is 0 Å². The number of halogens is 3. The summed E-state index contributed by atoms with van der Waals surface area (Å²) in [6, 6.07) is 1.20. The third-order valence-electron chi connectivity index (χ3n) is 1.82. The van der Waals surface area contributed by atoms with Gasteiger partial charge in [-0.2, -0.15) is 0 Å². The Balaban J connectivity index is 2.54. The summed E-state index contributed by atoms with van der Waals surface area (Å²) in [6.45, 7) is 1.84. The smallest absolute Gasteiger partial charge is 0.216 e. The number of carbonyl (C=O) groups excluding carboxylic acids is 1. The molecule has 0 aliphatic carbocycles. The normalized spacial score (nSPS) is 10.0. The van der Waals surface area contributed by atoms with Crippen molar-refractivity contribution in [2.24, 2.45) is 0 Å². The van der Waals surface area contributed by atoms with Gasteiger partial charge in [0.2, 0.25) is 5.91 Å². The highest BCUT2D eigenvalue weighted by Crippen LogP contribution is 2.17. The minimum Gasteiger partial charge on any atom is -0.381 e. The van der Waals surface area contributed by atoms with Crippen molar-refractivity contribution in [1.29, 1.82) is 0 Å². The zero-order valence-corrected chi connectivity index (χ0v) is 8.61. The van der Waals surface area contributed by atoms with Crippen LogP contribution in [0.4, 0.5) is 18.9 Å². The third kappa shape index (κ3) is 3.45. The van der Waals surface area contributed by atoms with Gasteiger partial charge in [-0.3, -0.25) is 4.79 Å². The molecular weight excluding hydrogens is 221 g/mol. The highest BCUT2D eigenvalue weighted by molar-refractivity contribution is 5.72. The lowest BCUT2D eigenvalue weighted by Gasteiger charge is -2.08. The Labute approximate surface area is 90.6 Å². The third-order valence-corrected chi connectivity index (χ3v) is 1.82. The second-order valence-electron chi connectivity index (χ2n) is 3.16. The largest absolute Gasteiger partial charge is 0.381 e. The first-order valence-electron chi connectivity index (χ1n) is 4.63. The topological polar surface area (TPSA) is 41.1 Å². The van der Waals surface area contributed by atoms with Crippen molar-refractivity contribution in [3.8, 4) is 0 Å². The average Bonchev–Trinajstić information content (AvgIpc) is 2.19. The molecule has 1 aromatic rings. The molecule has 3 nitrogen and oxygen atoms in total. The summed E-state index contributed by atoms with van der Waals surface area (Å²) < 4.78 is 38.4. The van der Waals surface area contributed by atoms with E-state index in [2.05, 4.69) is 10.6 Å². The van der Waals surface area contributed by atoms with Crippen LogP contribution >= 0.6 is 0 Å². The minimum atomic E-state index is -1.23.